The van der Waals surface area contributed by atoms with Crippen LogP contribution in [0.5, 0.6) is 0 Å². The molecule has 0 aromatic carbocycles. The molecule has 18 heavy (non-hydrogen) atoms. The van der Waals surface area contributed by atoms with E-state index in [2.05, 4.69) is 9.82 Å². The van der Waals surface area contributed by atoms with E-state index in [4.69, 9.17) is 5.73 Å². The highest BCUT2D eigenvalue weighted by Crippen LogP contribution is 2.21. The number of aryl methyl sites for hydroxylation is 1. The number of anilines is 1. The number of nitrogens with two attached hydrogens (primary N) is 1. The van der Waals surface area contributed by atoms with Crippen LogP contribution in [-0.2, 0) is 16.6 Å². The van der Waals surface area contributed by atoms with E-state index < -0.39 is 10.0 Å². The van der Waals surface area contributed by atoms with E-state index in [9.17, 15) is 8.42 Å². The van der Waals surface area contributed by atoms with Crippen LogP contribution in [0, 0.1) is 0 Å². The number of thioether (sulfide) groups is 1. The maximum atomic E-state index is 12.2. The van der Waals surface area contributed by atoms with Gasteiger partial charge in [0.2, 0.25) is 10.0 Å². The smallest absolute Gasteiger partial charge is 0.246 e. The first kappa shape index (κ1) is 13.7. The average molecular weight is 290 g/mol. The molecule has 0 amide bonds. The Morgan fingerprint density at radius 2 is 2.22 bits per heavy atom. The molecule has 1 saturated heterocycles. The fourth-order valence-electron chi connectivity index (χ4n) is 1.89. The van der Waals surface area contributed by atoms with Gasteiger partial charge in [-0.3, -0.25) is 4.68 Å². The molecular formula is C10H18N4O2S2. The number of hydrogen-bond donors (Lipinski definition) is 2. The van der Waals surface area contributed by atoms with E-state index in [1.165, 1.54) is 10.9 Å². The van der Waals surface area contributed by atoms with Crippen molar-refractivity contribution in [2.75, 3.05) is 17.2 Å². The van der Waals surface area contributed by atoms with Gasteiger partial charge >= 0.3 is 0 Å². The minimum atomic E-state index is -3.55. The second kappa shape index (κ2) is 5.50. The van der Waals surface area contributed by atoms with E-state index in [0.717, 1.165) is 24.3 Å². The van der Waals surface area contributed by atoms with E-state index in [1.807, 2.05) is 18.7 Å². The topological polar surface area (TPSA) is 90.0 Å². The lowest BCUT2D eigenvalue weighted by atomic mass is 10.2. The third kappa shape index (κ3) is 2.99. The summed E-state index contributed by atoms with van der Waals surface area (Å²) in [5.74, 6) is 2.06. The van der Waals surface area contributed by atoms with Gasteiger partial charge in [-0.15, -0.1) is 0 Å². The second-order valence-corrected chi connectivity index (χ2v) is 7.15. The minimum Gasteiger partial charge on any atom is -0.381 e. The highest BCUT2D eigenvalue weighted by Gasteiger charge is 2.25. The molecular weight excluding hydrogens is 272 g/mol. The monoisotopic (exact) mass is 290 g/mol. The van der Waals surface area contributed by atoms with Crippen LogP contribution in [0.25, 0.3) is 0 Å². The Bertz CT molecular complexity index is 506. The number of nitrogen functional groups attached to an aromatic ring is 1. The summed E-state index contributed by atoms with van der Waals surface area (Å²) in [6.07, 6.45) is 3.21. The summed E-state index contributed by atoms with van der Waals surface area (Å²) >= 11 is 1.86. The molecule has 1 aliphatic heterocycles. The van der Waals surface area contributed by atoms with Crippen LogP contribution >= 0.6 is 11.8 Å². The van der Waals surface area contributed by atoms with Crippen molar-refractivity contribution < 1.29 is 8.42 Å². The van der Waals surface area contributed by atoms with Crippen LogP contribution in [0.2, 0.25) is 0 Å². The summed E-state index contributed by atoms with van der Waals surface area (Å²) in [5.41, 5.74) is 5.65. The van der Waals surface area contributed by atoms with Crippen LogP contribution in [0.3, 0.4) is 0 Å². The predicted octanol–water partition coefficient (Wildman–Crippen LogP) is 0.659. The van der Waals surface area contributed by atoms with Gasteiger partial charge in [0.05, 0.1) is 0 Å². The van der Waals surface area contributed by atoms with Crippen molar-refractivity contribution in [2.24, 2.45) is 0 Å². The lowest BCUT2D eigenvalue weighted by Crippen LogP contribution is -2.37. The van der Waals surface area contributed by atoms with Crippen molar-refractivity contribution in [3.05, 3.63) is 6.20 Å². The molecule has 1 aromatic heterocycles. The fraction of sp³-hybridized carbons (Fsp3) is 0.700. The number of aromatic nitrogens is 2. The van der Waals surface area contributed by atoms with Gasteiger partial charge in [-0.2, -0.15) is 16.9 Å². The van der Waals surface area contributed by atoms with E-state index in [1.54, 1.807) is 0 Å². The zero-order valence-electron chi connectivity index (χ0n) is 10.3. The van der Waals surface area contributed by atoms with Crippen LogP contribution in [0.15, 0.2) is 11.1 Å². The molecule has 102 valence electrons. The van der Waals surface area contributed by atoms with Crippen LogP contribution < -0.4 is 10.5 Å². The van der Waals surface area contributed by atoms with Gasteiger partial charge in [0.25, 0.3) is 0 Å². The summed E-state index contributed by atoms with van der Waals surface area (Å²) in [6.45, 7) is 2.48. The zero-order chi connectivity index (χ0) is 13.2. The first-order valence-electron chi connectivity index (χ1n) is 5.96. The molecule has 3 N–H and O–H groups in total. The average Bonchev–Trinajstić information content (AvgIpc) is 2.72. The Morgan fingerprint density at radius 3 is 2.78 bits per heavy atom. The fourth-order valence-corrected chi connectivity index (χ4v) is 4.37. The maximum Gasteiger partial charge on any atom is 0.246 e. The summed E-state index contributed by atoms with van der Waals surface area (Å²) < 4.78 is 28.6. The number of nitrogens with one attached hydrogen (secondary N) is 1. The Hall–Kier alpha value is -0.730. The Kier molecular flexibility index (Phi) is 4.18. The van der Waals surface area contributed by atoms with Gasteiger partial charge < -0.3 is 5.73 Å². The van der Waals surface area contributed by atoms with Crippen molar-refractivity contribution in [2.45, 2.75) is 37.2 Å². The summed E-state index contributed by atoms with van der Waals surface area (Å²) in [7, 11) is -3.55. The molecule has 6 nitrogen and oxygen atoms in total. The first-order valence-corrected chi connectivity index (χ1v) is 8.59. The number of hydrogen-bond acceptors (Lipinski definition) is 5. The number of nitrogens with zero attached hydrogens (tertiary/aromatic N) is 2. The summed E-state index contributed by atoms with van der Waals surface area (Å²) in [4.78, 5) is 0.0857. The summed E-state index contributed by atoms with van der Waals surface area (Å²) in [6, 6.07) is 0.0145. The van der Waals surface area contributed by atoms with E-state index >= 15 is 0 Å². The second-order valence-electron chi connectivity index (χ2n) is 4.24. The van der Waals surface area contributed by atoms with E-state index in [-0.39, 0.29) is 16.8 Å². The first-order chi connectivity index (χ1) is 8.53. The third-order valence-corrected chi connectivity index (χ3v) is 5.50. The molecule has 0 bridgehead atoms. The van der Waals surface area contributed by atoms with Crippen molar-refractivity contribution in [1.82, 2.24) is 14.5 Å². The van der Waals surface area contributed by atoms with Gasteiger partial charge in [0, 0.05) is 18.8 Å². The lowest BCUT2D eigenvalue weighted by Gasteiger charge is -2.22. The molecule has 8 heteroatoms. The zero-order valence-corrected chi connectivity index (χ0v) is 11.9. The molecule has 0 atom stereocenters. The summed E-state index contributed by atoms with van der Waals surface area (Å²) in [5, 5.41) is 3.96. The third-order valence-electron chi connectivity index (χ3n) is 2.91. The largest absolute Gasteiger partial charge is 0.381 e. The maximum absolute atomic E-state index is 12.2. The molecule has 0 radical (unpaired) electrons. The van der Waals surface area contributed by atoms with E-state index in [0.29, 0.717) is 6.54 Å². The number of rotatable bonds is 4. The molecule has 1 aliphatic rings. The van der Waals surface area contributed by atoms with Crippen molar-refractivity contribution in [1.29, 1.82) is 0 Å². The molecule has 1 aromatic rings. The quantitative estimate of drug-likeness (QED) is 0.850. The van der Waals surface area contributed by atoms with Crippen LogP contribution in [-0.4, -0.2) is 35.7 Å². The van der Waals surface area contributed by atoms with Gasteiger partial charge in [-0.1, -0.05) is 0 Å². The Labute approximate surface area is 111 Å². The predicted molar refractivity (Wildman–Crippen MR) is 73.0 cm³/mol. The Morgan fingerprint density at radius 1 is 1.56 bits per heavy atom. The molecule has 2 heterocycles. The minimum absolute atomic E-state index is 0.0145. The van der Waals surface area contributed by atoms with Gasteiger partial charge in [0.15, 0.2) is 5.82 Å². The highest BCUT2D eigenvalue weighted by atomic mass is 32.2. The SMILES string of the molecule is CCn1cc(S(=O)(=O)NC2CCSCC2)c(N)n1. The van der Waals surface area contributed by atoms with Crippen molar-refractivity contribution >= 4 is 27.6 Å². The molecule has 0 saturated carbocycles. The standard InChI is InChI=1S/C10H18N4O2S2/c1-2-14-7-9(10(11)12-14)18(15,16)13-8-3-5-17-6-4-8/h7-8,13H,2-6H2,1H3,(H2,11,12). The normalized spacial score (nSPS) is 18.1. The van der Waals surface area contributed by atoms with Gasteiger partial charge in [-0.25, -0.2) is 13.1 Å². The molecule has 0 unspecified atom stereocenters. The molecule has 0 aliphatic carbocycles. The van der Waals surface area contributed by atoms with Crippen LogP contribution in [0.1, 0.15) is 19.8 Å². The highest BCUT2D eigenvalue weighted by molar-refractivity contribution is 7.99. The van der Waals surface area contributed by atoms with Crippen molar-refractivity contribution in [3.8, 4) is 0 Å². The molecule has 1 fully saturated rings. The molecule has 2 rings (SSSR count). The van der Waals surface area contributed by atoms with Gasteiger partial charge in [-0.05, 0) is 31.3 Å². The number of sulfonamides is 1. The molecule has 0 spiro atoms. The van der Waals surface area contributed by atoms with Crippen molar-refractivity contribution in [3.63, 3.8) is 0 Å². The lowest BCUT2D eigenvalue weighted by molar-refractivity contribution is 0.529. The van der Waals surface area contributed by atoms with Gasteiger partial charge in [0.1, 0.15) is 4.90 Å². The van der Waals surface area contributed by atoms with Crippen LogP contribution in [0.4, 0.5) is 5.82 Å². The Balaban J connectivity index is 2.16.